The highest BCUT2D eigenvalue weighted by Gasteiger charge is 2.12. The lowest BCUT2D eigenvalue weighted by Crippen LogP contribution is -2.08. The number of para-hydroxylation sites is 1. The molecule has 0 saturated heterocycles. The maximum absolute atomic E-state index is 11.7. The molecule has 1 atom stereocenters. The number of hydrogen-bond donors (Lipinski definition) is 1. The molecule has 5 heteroatoms. The highest BCUT2D eigenvalue weighted by molar-refractivity contribution is 6.29. The lowest BCUT2D eigenvalue weighted by Gasteiger charge is -2.14. The summed E-state index contributed by atoms with van der Waals surface area (Å²) in [7, 11) is 0. The molecule has 4 nitrogen and oxygen atoms in total. The molecule has 0 spiro atoms. The minimum Gasteiger partial charge on any atom is -0.434 e. The Kier molecular flexibility index (Phi) is 4.22. The lowest BCUT2D eigenvalue weighted by atomic mass is 9.98. The molecular weight excluding hydrogens is 264 g/mol. The second kappa shape index (κ2) is 5.89. The number of nitrogens with zero attached hydrogens (tertiary/aromatic N) is 1. The molecule has 19 heavy (non-hydrogen) atoms. The third kappa shape index (κ3) is 3.15. The fourth-order valence-corrected chi connectivity index (χ4v) is 1.89. The third-order valence-electron chi connectivity index (χ3n) is 3.00. The number of rotatable bonds is 4. The Morgan fingerprint density at radius 2 is 2.16 bits per heavy atom. The van der Waals surface area contributed by atoms with Gasteiger partial charge in [0, 0.05) is 6.07 Å². The van der Waals surface area contributed by atoms with Gasteiger partial charge in [-0.25, -0.2) is 0 Å². The molecule has 1 heterocycles. The number of benzene rings is 1. The summed E-state index contributed by atoms with van der Waals surface area (Å²) in [5, 5.41) is 6.51. The third-order valence-corrected chi connectivity index (χ3v) is 3.20. The highest BCUT2D eigenvalue weighted by Crippen LogP contribution is 2.30. The van der Waals surface area contributed by atoms with Gasteiger partial charge in [0.2, 0.25) is 5.43 Å². The summed E-state index contributed by atoms with van der Waals surface area (Å²) >= 11 is 5.65. The van der Waals surface area contributed by atoms with E-state index in [-0.39, 0.29) is 16.5 Å². The number of ether oxygens (including phenoxy) is 1. The van der Waals surface area contributed by atoms with Gasteiger partial charge in [-0.05, 0) is 24.0 Å². The first-order valence-corrected chi connectivity index (χ1v) is 6.51. The average Bonchev–Trinajstić information content (AvgIpc) is 2.41. The van der Waals surface area contributed by atoms with E-state index in [0.717, 1.165) is 12.0 Å². The van der Waals surface area contributed by atoms with Gasteiger partial charge in [-0.1, -0.05) is 43.6 Å². The van der Waals surface area contributed by atoms with Gasteiger partial charge in [0.25, 0.3) is 5.88 Å². The van der Waals surface area contributed by atoms with Crippen molar-refractivity contribution in [2.75, 3.05) is 0 Å². The van der Waals surface area contributed by atoms with Crippen molar-refractivity contribution in [2.45, 2.75) is 26.2 Å². The van der Waals surface area contributed by atoms with Crippen LogP contribution in [-0.4, -0.2) is 10.2 Å². The number of halogens is 1. The Balaban J connectivity index is 2.36. The minimum absolute atomic E-state index is 0.000142. The Morgan fingerprint density at radius 3 is 2.84 bits per heavy atom. The first-order valence-electron chi connectivity index (χ1n) is 6.13. The summed E-state index contributed by atoms with van der Waals surface area (Å²) in [6.45, 7) is 4.22. The molecule has 1 aromatic carbocycles. The van der Waals surface area contributed by atoms with Crippen molar-refractivity contribution in [1.82, 2.24) is 10.2 Å². The fraction of sp³-hybridized carbons (Fsp3) is 0.286. The molecule has 0 bridgehead atoms. The zero-order valence-corrected chi connectivity index (χ0v) is 11.6. The largest absolute Gasteiger partial charge is 0.434 e. The molecule has 2 aromatic rings. The zero-order valence-electron chi connectivity index (χ0n) is 10.8. The Hall–Kier alpha value is -1.81. The summed E-state index contributed by atoms with van der Waals surface area (Å²) in [6, 6.07) is 8.89. The fourth-order valence-electron chi connectivity index (χ4n) is 1.75. The molecular formula is C14H15ClN2O2. The van der Waals surface area contributed by atoms with Crippen LogP contribution in [0, 0.1) is 0 Å². The summed E-state index contributed by atoms with van der Waals surface area (Å²) in [4.78, 5) is 11.7. The molecule has 0 aliphatic carbocycles. The van der Waals surface area contributed by atoms with Crippen molar-refractivity contribution in [2.24, 2.45) is 0 Å². The molecule has 0 aliphatic heterocycles. The molecule has 2 rings (SSSR count). The van der Waals surface area contributed by atoms with Crippen LogP contribution in [0.3, 0.4) is 0 Å². The maximum atomic E-state index is 11.7. The van der Waals surface area contributed by atoms with Crippen LogP contribution in [0.2, 0.25) is 5.15 Å². The lowest BCUT2D eigenvalue weighted by molar-refractivity contribution is 0.440. The number of aromatic amines is 1. The summed E-state index contributed by atoms with van der Waals surface area (Å²) in [6.07, 6.45) is 0.991. The number of hydrogen-bond acceptors (Lipinski definition) is 3. The van der Waals surface area contributed by atoms with E-state index in [1.807, 2.05) is 24.3 Å². The molecule has 0 fully saturated rings. The SMILES string of the molecule is CCC(C)c1ccccc1Oc1n[nH]c(Cl)cc1=O. The van der Waals surface area contributed by atoms with Crippen LogP contribution in [0.25, 0.3) is 0 Å². The average molecular weight is 279 g/mol. The van der Waals surface area contributed by atoms with Crippen molar-refractivity contribution in [1.29, 1.82) is 0 Å². The summed E-state index contributed by atoms with van der Waals surface area (Å²) in [5.41, 5.74) is 0.712. The van der Waals surface area contributed by atoms with Crippen LogP contribution in [0.5, 0.6) is 11.6 Å². The normalized spacial score (nSPS) is 12.2. The maximum Gasteiger partial charge on any atom is 0.285 e. The molecule has 1 unspecified atom stereocenters. The van der Waals surface area contributed by atoms with Crippen LogP contribution in [0.15, 0.2) is 35.1 Å². The van der Waals surface area contributed by atoms with E-state index in [1.54, 1.807) is 0 Å². The van der Waals surface area contributed by atoms with E-state index in [4.69, 9.17) is 16.3 Å². The predicted octanol–water partition coefficient (Wildman–Crippen LogP) is 3.73. The highest BCUT2D eigenvalue weighted by atomic mass is 35.5. The van der Waals surface area contributed by atoms with E-state index in [2.05, 4.69) is 24.0 Å². The standard InChI is InChI=1S/C14H15ClN2O2/c1-3-9(2)10-6-4-5-7-12(10)19-14-11(18)8-13(15)16-17-14/h4-9H,3H2,1-2H3,(H,16,18). The first-order chi connectivity index (χ1) is 9.11. The van der Waals surface area contributed by atoms with Gasteiger partial charge in [0.1, 0.15) is 10.9 Å². The van der Waals surface area contributed by atoms with E-state index in [0.29, 0.717) is 11.7 Å². The van der Waals surface area contributed by atoms with Crippen molar-refractivity contribution >= 4 is 11.6 Å². The second-order valence-electron chi connectivity index (χ2n) is 4.33. The Bertz CT molecular complexity index is 625. The van der Waals surface area contributed by atoms with Gasteiger partial charge in [-0.2, -0.15) is 0 Å². The van der Waals surface area contributed by atoms with Gasteiger partial charge in [-0.3, -0.25) is 9.89 Å². The van der Waals surface area contributed by atoms with Gasteiger partial charge in [0.15, 0.2) is 0 Å². The van der Waals surface area contributed by atoms with Gasteiger partial charge in [-0.15, -0.1) is 5.10 Å². The molecule has 0 saturated carbocycles. The minimum atomic E-state index is -0.345. The van der Waals surface area contributed by atoms with Crippen molar-refractivity contribution < 1.29 is 4.74 Å². The summed E-state index contributed by atoms with van der Waals surface area (Å²) in [5.74, 6) is 1.000. The van der Waals surface area contributed by atoms with Crippen LogP contribution in [-0.2, 0) is 0 Å². The Labute approximate surface area is 116 Å². The molecule has 0 aliphatic rings. The second-order valence-corrected chi connectivity index (χ2v) is 4.74. The van der Waals surface area contributed by atoms with E-state index >= 15 is 0 Å². The topological polar surface area (TPSA) is 55.0 Å². The number of nitrogens with one attached hydrogen (secondary N) is 1. The van der Waals surface area contributed by atoms with E-state index in [1.165, 1.54) is 6.07 Å². The van der Waals surface area contributed by atoms with Crippen LogP contribution >= 0.6 is 11.6 Å². The quantitative estimate of drug-likeness (QED) is 0.927. The van der Waals surface area contributed by atoms with Crippen molar-refractivity contribution in [3.05, 3.63) is 51.3 Å². The molecule has 0 amide bonds. The van der Waals surface area contributed by atoms with Gasteiger partial charge >= 0.3 is 0 Å². The monoisotopic (exact) mass is 278 g/mol. The molecule has 0 radical (unpaired) electrons. The summed E-state index contributed by atoms with van der Waals surface area (Å²) < 4.78 is 5.60. The van der Waals surface area contributed by atoms with Gasteiger partial charge in [0.05, 0.1) is 0 Å². The van der Waals surface area contributed by atoms with E-state index < -0.39 is 0 Å². The molecule has 1 N–H and O–H groups in total. The van der Waals surface area contributed by atoms with Crippen LogP contribution in [0.4, 0.5) is 0 Å². The van der Waals surface area contributed by atoms with Crippen molar-refractivity contribution in [3.8, 4) is 11.6 Å². The van der Waals surface area contributed by atoms with Crippen LogP contribution < -0.4 is 10.2 Å². The molecule has 100 valence electrons. The van der Waals surface area contributed by atoms with E-state index in [9.17, 15) is 4.79 Å². The van der Waals surface area contributed by atoms with Gasteiger partial charge < -0.3 is 4.74 Å². The van der Waals surface area contributed by atoms with Crippen LogP contribution in [0.1, 0.15) is 31.7 Å². The first kappa shape index (κ1) is 13.6. The molecule has 1 aromatic heterocycles. The Morgan fingerprint density at radius 1 is 1.42 bits per heavy atom. The number of H-pyrrole nitrogens is 1. The smallest absolute Gasteiger partial charge is 0.285 e. The van der Waals surface area contributed by atoms with Crippen molar-refractivity contribution in [3.63, 3.8) is 0 Å². The number of aromatic nitrogens is 2. The zero-order chi connectivity index (χ0) is 13.8. The predicted molar refractivity (Wildman–Crippen MR) is 75.1 cm³/mol.